The third-order valence-corrected chi connectivity index (χ3v) is 3.28. The van der Waals surface area contributed by atoms with Gasteiger partial charge in [-0.25, -0.2) is 0 Å². The van der Waals surface area contributed by atoms with Crippen molar-refractivity contribution in [2.45, 2.75) is 6.29 Å². The Bertz CT molecular complexity index is 744. The van der Waals surface area contributed by atoms with E-state index in [4.69, 9.17) is 0 Å². The maximum Gasteiger partial charge on any atom is 0.586 e. The molecule has 0 spiro atoms. The van der Waals surface area contributed by atoms with Crippen LogP contribution >= 0.6 is 0 Å². The van der Waals surface area contributed by atoms with Crippen LogP contribution in [-0.2, 0) is 0 Å². The van der Waals surface area contributed by atoms with Crippen LogP contribution in [-0.4, -0.2) is 31.2 Å². The fourth-order valence-electron chi connectivity index (χ4n) is 2.33. The largest absolute Gasteiger partial charge is 0.586 e. The summed E-state index contributed by atoms with van der Waals surface area (Å²) in [5, 5.41) is 0. The summed E-state index contributed by atoms with van der Waals surface area (Å²) in [5.41, 5.74) is 1.31. The Balaban J connectivity index is 2.16. The second-order valence-corrected chi connectivity index (χ2v) is 5.05. The summed E-state index contributed by atoms with van der Waals surface area (Å²) in [6.07, 6.45) is -3.70. The van der Waals surface area contributed by atoms with Gasteiger partial charge >= 0.3 is 6.29 Å². The third-order valence-electron chi connectivity index (χ3n) is 3.28. The van der Waals surface area contributed by atoms with E-state index in [9.17, 15) is 13.6 Å². The lowest BCUT2D eigenvalue weighted by Gasteiger charge is -2.15. The van der Waals surface area contributed by atoms with E-state index in [-0.39, 0.29) is 17.4 Å². The van der Waals surface area contributed by atoms with Gasteiger partial charge in [0.05, 0.1) is 0 Å². The first-order chi connectivity index (χ1) is 10.4. The number of ether oxygens (including phenoxy) is 2. The summed E-state index contributed by atoms with van der Waals surface area (Å²) in [6.45, 7) is 0. The van der Waals surface area contributed by atoms with Crippen LogP contribution in [0.2, 0.25) is 0 Å². The van der Waals surface area contributed by atoms with Crippen molar-refractivity contribution in [2.24, 2.45) is 0 Å². The summed E-state index contributed by atoms with van der Waals surface area (Å²) < 4.78 is 35.6. The van der Waals surface area contributed by atoms with Crippen LogP contribution in [0.5, 0.6) is 11.5 Å². The molecule has 114 valence electrons. The fourth-order valence-corrected chi connectivity index (χ4v) is 2.33. The zero-order valence-corrected chi connectivity index (χ0v) is 12.0. The molecule has 6 heteroatoms. The van der Waals surface area contributed by atoms with Crippen LogP contribution in [0, 0.1) is 0 Å². The Morgan fingerprint density at radius 1 is 1.00 bits per heavy atom. The van der Waals surface area contributed by atoms with Crippen molar-refractivity contribution >= 4 is 5.91 Å². The lowest BCUT2D eigenvalue weighted by molar-refractivity contribution is -0.286. The summed E-state index contributed by atoms with van der Waals surface area (Å²) in [7, 11) is 3.25. The van der Waals surface area contributed by atoms with Gasteiger partial charge in [-0.15, -0.1) is 8.78 Å². The van der Waals surface area contributed by atoms with Gasteiger partial charge in [0.1, 0.15) is 0 Å². The molecular formula is C16H13F2NO3. The van der Waals surface area contributed by atoms with Crippen LogP contribution in [0.3, 0.4) is 0 Å². The van der Waals surface area contributed by atoms with Crippen molar-refractivity contribution in [3.8, 4) is 22.6 Å². The first-order valence-electron chi connectivity index (χ1n) is 6.59. The molecule has 0 saturated carbocycles. The maximum absolute atomic E-state index is 13.3. The van der Waals surface area contributed by atoms with E-state index in [2.05, 4.69) is 9.47 Å². The average Bonchev–Trinajstić information content (AvgIpc) is 2.80. The van der Waals surface area contributed by atoms with Gasteiger partial charge in [-0.2, -0.15) is 0 Å². The molecule has 0 fully saturated rings. The van der Waals surface area contributed by atoms with Crippen LogP contribution in [0.1, 0.15) is 10.4 Å². The number of carbonyl (C=O) groups excluding carboxylic acids is 1. The van der Waals surface area contributed by atoms with Gasteiger partial charge < -0.3 is 14.4 Å². The molecule has 0 aromatic heterocycles. The number of fused-ring (bicyclic) bond motifs is 1. The Labute approximate surface area is 125 Å². The van der Waals surface area contributed by atoms with E-state index < -0.39 is 6.29 Å². The second kappa shape index (κ2) is 4.98. The standard InChI is InChI=1S/C16H13F2NO3/c1-19(2)15(20)12-7-4-3-6-10(12)11-8-5-9-13-14(11)22-16(17,18)21-13/h3-9H,1-2H3. The maximum atomic E-state index is 13.3. The molecule has 22 heavy (non-hydrogen) atoms. The lowest BCUT2D eigenvalue weighted by Crippen LogP contribution is -2.26. The number of benzene rings is 2. The lowest BCUT2D eigenvalue weighted by atomic mass is 9.98. The zero-order valence-electron chi connectivity index (χ0n) is 12.0. The first kappa shape index (κ1) is 14.3. The van der Waals surface area contributed by atoms with Crippen LogP contribution in [0.4, 0.5) is 8.78 Å². The van der Waals surface area contributed by atoms with E-state index in [1.165, 1.54) is 11.0 Å². The summed E-state index contributed by atoms with van der Waals surface area (Å²) in [4.78, 5) is 13.7. The SMILES string of the molecule is CN(C)C(=O)c1ccccc1-c1cccc2c1OC(F)(F)O2. The molecule has 0 atom stereocenters. The number of halogens is 2. The van der Waals surface area contributed by atoms with Gasteiger partial charge in [0.25, 0.3) is 5.91 Å². The Morgan fingerprint density at radius 2 is 1.68 bits per heavy atom. The van der Waals surface area contributed by atoms with Crippen molar-refractivity contribution in [2.75, 3.05) is 14.1 Å². The molecule has 4 nitrogen and oxygen atoms in total. The van der Waals surface area contributed by atoms with Crippen molar-refractivity contribution in [1.82, 2.24) is 4.90 Å². The van der Waals surface area contributed by atoms with E-state index in [1.807, 2.05) is 0 Å². The predicted molar refractivity (Wildman–Crippen MR) is 76.1 cm³/mol. The molecule has 0 aliphatic carbocycles. The van der Waals surface area contributed by atoms with Crippen molar-refractivity contribution < 1.29 is 23.0 Å². The monoisotopic (exact) mass is 305 g/mol. The molecule has 0 unspecified atom stereocenters. The molecule has 0 N–H and O–H groups in total. The molecule has 0 bridgehead atoms. The molecule has 1 amide bonds. The van der Waals surface area contributed by atoms with E-state index >= 15 is 0 Å². The van der Waals surface area contributed by atoms with Gasteiger partial charge in [0.2, 0.25) is 0 Å². The van der Waals surface area contributed by atoms with E-state index in [0.717, 1.165) is 0 Å². The minimum Gasteiger partial charge on any atom is -0.395 e. The van der Waals surface area contributed by atoms with Crippen molar-refractivity contribution in [3.63, 3.8) is 0 Å². The highest BCUT2D eigenvalue weighted by molar-refractivity contribution is 6.01. The quantitative estimate of drug-likeness (QED) is 0.854. The van der Waals surface area contributed by atoms with Crippen molar-refractivity contribution in [3.05, 3.63) is 48.0 Å². The topological polar surface area (TPSA) is 38.8 Å². The Morgan fingerprint density at radius 3 is 2.41 bits per heavy atom. The van der Waals surface area contributed by atoms with Gasteiger partial charge in [-0.3, -0.25) is 4.79 Å². The van der Waals surface area contributed by atoms with Crippen molar-refractivity contribution in [1.29, 1.82) is 0 Å². The molecular weight excluding hydrogens is 292 g/mol. The second-order valence-electron chi connectivity index (χ2n) is 5.05. The smallest absolute Gasteiger partial charge is 0.395 e. The summed E-state index contributed by atoms with van der Waals surface area (Å²) >= 11 is 0. The molecule has 1 heterocycles. The van der Waals surface area contributed by atoms with Crippen LogP contribution in [0.25, 0.3) is 11.1 Å². The number of carbonyl (C=O) groups is 1. The van der Waals surface area contributed by atoms with Gasteiger partial charge in [0.15, 0.2) is 11.5 Å². The highest BCUT2D eigenvalue weighted by Gasteiger charge is 2.44. The predicted octanol–water partition coefficient (Wildman–Crippen LogP) is 3.38. The zero-order chi connectivity index (χ0) is 15.9. The molecule has 1 aliphatic rings. The number of alkyl halides is 2. The normalized spacial score (nSPS) is 14.7. The average molecular weight is 305 g/mol. The van der Waals surface area contributed by atoms with E-state index in [1.54, 1.807) is 50.5 Å². The number of hydrogen-bond donors (Lipinski definition) is 0. The highest BCUT2D eigenvalue weighted by Crippen LogP contribution is 2.47. The molecule has 1 aliphatic heterocycles. The number of rotatable bonds is 2. The third kappa shape index (κ3) is 2.36. The van der Waals surface area contributed by atoms with Gasteiger partial charge in [0, 0.05) is 25.2 Å². The fraction of sp³-hybridized carbons (Fsp3) is 0.188. The number of para-hydroxylation sites is 1. The Kier molecular flexibility index (Phi) is 3.24. The minimum atomic E-state index is -3.70. The first-order valence-corrected chi connectivity index (χ1v) is 6.59. The molecule has 3 rings (SSSR count). The molecule has 2 aromatic carbocycles. The minimum absolute atomic E-state index is 0.0467. The summed E-state index contributed by atoms with van der Waals surface area (Å²) in [6, 6.07) is 11.4. The number of hydrogen-bond acceptors (Lipinski definition) is 3. The summed E-state index contributed by atoms with van der Waals surface area (Å²) in [5.74, 6) is -0.333. The molecule has 0 saturated heterocycles. The van der Waals surface area contributed by atoms with E-state index in [0.29, 0.717) is 16.7 Å². The number of nitrogens with zero attached hydrogens (tertiary/aromatic N) is 1. The van der Waals surface area contributed by atoms with Gasteiger partial charge in [-0.05, 0) is 17.7 Å². The van der Waals surface area contributed by atoms with Gasteiger partial charge in [-0.1, -0.05) is 30.3 Å². The molecule has 0 radical (unpaired) electrons. The highest BCUT2D eigenvalue weighted by atomic mass is 19.3. The molecule has 2 aromatic rings. The van der Waals surface area contributed by atoms with Crippen LogP contribution in [0.15, 0.2) is 42.5 Å². The number of amides is 1. The van der Waals surface area contributed by atoms with Crippen LogP contribution < -0.4 is 9.47 Å². The Hall–Kier alpha value is -2.63.